The van der Waals surface area contributed by atoms with Crippen LogP contribution in [0.25, 0.3) is 11.4 Å². The van der Waals surface area contributed by atoms with Gasteiger partial charge in [-0.1, -0.05) is 6.07 Å². The molecule has 0 saturated carbocycles. The minimum absolute atomic E-state index is 0.258. The summed E-state index contributed by atoms with van der Waals surface area (Å²) in [5, 5.41) is 7.40. The largest absolute Gasteiger partial charge is 0.354 e. The fourth-order valence-corrected chi connectivity index (χ4v) is 2.34. The zero-order valence-electron chi connectivity index (χ0n) is 10.2. The Morgan fingerprint density at radius 1 is 1.39 bits per heavy atom. The summed E-state index contributed by atoms with van der Waals surface area (Å²) in [6.07, 6.45) is 4.02. The summed E-state index contributed by atoms with van der Waals surface area (Å²) in [7, 11) is 0. The number of aromatic amines is 1. The lowest BCUT2D eigenvalue weighted by atomic mass is 10.1. The molecule has 5 heteroatoms. The third kappa shape index (κ3) is 2.22. The highest BCUT2D eigenvalue weighted by Crippen LogP contribution is 2.22. The SMILES string of the molecule is NC1CCCN(c2cc(-c3ccccn3)[nH]n2)C1. The zero-order valence-corrected chi connectivity index (χ0v) is 10.2. The number of hydrogen-bond donors (Lipinski definition) is 2. The number of anilines is 1. The van der Waals surface area contributed by atoms with E-state index < -0.39 is 0 Å². The Kier molecular flexibility index (Phi) is 2.98. The van der Waals surface area contributed by atoms with Crippen LogP contribution >= 0.6 is 0 Å². The molecule has 3 heterocycles. The summed E-state index contributed by atoms with van der Waals surface area (Å²) in [5.74, 6) is 0.964. The number of nitrogens with zero attached hydrogens (tertiary/aromatic N) is 3. The summed E-state index contributed by atoms with van der Waals surface area (Å²) in [4.78, 5) is 6.54. The molecule has 0 bridgehead atoms. The van der Waals surface area contributed by atoms with E-state index in [1.54, 1.807) is 6.20 Å². The van der Waals surface area contributed by atoms with Crippen LogP contribution in [0.4, 0.5) is 5.82 Å². The minimum Gasteiger partial charge on any atom is -0.354 e. The minimum atomic E-state index is 0.258. The number of aromatic nitrogens is 3. The molecule has 1 saturated heterocycles. The predicted molar refractivity (Wildman–Crippen MR) is 71.2 cm³/mol. The van der Waals surface area contributed by atoms with Crippen molar-refractivity contribution in [1.29, 1.82) is 0 Å². The topological polar surface area (TPSA) is 70.8 Å². The maximum Gasteiger partial charge on any atom is 0.151 e. The second-order valence-electron chi connectivity index (χ2n) is 4.70. The van der Waals surface area contributed by atoms with E-state index in [1.165, 1.54) is 0 Å². The molecule has 2 aromatic heterocycles. The molecule has 2 aromatic rings. The van der Waals surface area contributed by atoms with Crippen LogP contribution < -0.4 is 10.6 Å². The number of pyridine rings is 1. The van der Waals surface area contributed by atoms with Crippen LogP contribution in [0.2, 0.25) is 0 Å². The van der Waals surface area contributed by atoms with Gasteiger partial charge in [0.15, 0.2) is 5.82 Å². The van der Waals surface area contributed by atoms with E-state index in [0.717, 1.165) is 43.1 Å². The van der Waals surface area contributed by atoms with Gasteiger partial charge in [0.05, 0.1) is 11.4 Å². The quantitative estimate of drug-likeness (QED) is 0.836. The second kappa shape index (κ2) is 4.78. The number of hydrogen-bond acceptors (Lipinski definition) is 4. The van der Waals surface area contributed by atoms with Gasteiger partial charge in [-0.15, -0.1) is 0 Å². The molecule has 0 aromatic carbocycles. The number of piperidine rings is 1. The van der Waals surface area contributed by atoms with Crippen molar-refractivity contribution in [3.05, 3.63) is 30.5 Å². The van der Waals surface area contributed by atoms with Crippen LogP contribution in [0.5, 0.6) is 0 Å². The van der Waals surface area contributed by atoms with Gasteiger partial charge in [0.1, 0.15) is 0 Å². The van der Waals surface area contributed by atoms with Crippen molar-refractivity contribution in [3.8, 4) is 11.4 Å². The smallest absolute Gasteiger partial charge is 0.151 e. The van der Waals surface area contributed by atoms with Crippen LogP contribution in [0, 0.1) is 0 Å². The number of rotatable bonds is 2. The molecule has 3 N–H and O–H groups in total. The first kappa shape index (κ1) is 11.2. The van der Waals surface area contributed by atoms with Gasteiger partial charge < -0.3 is 10.6 Å². The fourth-order valence-electron chi connectivity index (χ4n) is 2.34. The first-order chi connectivity index (χ1) is 8.83. The molecule has 94 valence electrons. The first-order valence-corrected chi connectivity index (χ1v) is 6.30. The average Bonchev–Trinajstić information content (AvgIpc) is 2.89. The molecule has 18 heavy (non-hydrogen) atoms. The van der Waals surface area contributed by atoms with Crippen molar-refractivity contribution >= 4 is 5.82 Å². The second-order valence-corrected chi connectivity index (χ2v) is 4.70. The van der Waals surface area contributed by atoms with Gasteiger partial charge in [-0.3, -0.25) is 10.1 Å². The molecule has 1 fully saturated rings. The van der Waals surface area contributed by atoms with Crippen molar-refractivity contribution in [2.24, 2.45) is 5.73 Å². The third-order valence-electron chi connectivity index (χ3n) is 3.29. The van der Waals surface area contributed by atoms with E-state index in [2.05, 4.69) is 20.1 Å². The highest BCUT2D eigenvalue weighted by Gasteiger charge is 2.19. The van der Waals surface area contributed by atoms with E-state index in [9.17, 15) is 0 Å². The summed E-state index contributed by atoms with van der Waals surface area (Å²) < 4.78 is 0. The van der Waals surface area contributed by atoms with E-state index >= 15 is 0 Å². The van der Waals surface area contributed by atoms with Crippen LogP contribution in [0.1, 0.15) is 12.8 Å². The molecule has 1 aliphatic heterocycles. The van der Waals surface area contributed by atoms with E-state index in [-0.39, 0.29) is 6.04 Å². The lowest BCUT2D eigenvalue weighted by molar-refractivity contribution is 0.503. The Balaban J connectivity index is 1.81. The molecule has 3 rings (SSSR count). The average molecular weight is 243 g/mol. The fraction of sp³-hybridized carbons (Fsp3) is 0.385. The molecule has 5 nitrogen and oxygen atoms in total. The van der Waals surface area contributed by atoms with Crippen molar-refractivity contribution < 1.29 is 0 Å². The lowest BCUT2D eigenvalue weighted by Gasteiger charge is -2.30. The highest BCUT2D eigenvalue weighted by molar-refractivity contribution is 5.59. The first-order valence-electron chi connectivity index (χ1n) is 6.30. The third-order valence-corrected chi connectivity index (χ3v) is 3.29. The van der Waals surface area contributed by atoms with Crippen LogP contribution in [-0.2, 0) is 0 Å². The molecule has 1 atom stereocenters. The molecule has 1 unspecified atom stereocenters. The van der Waals surface area contributed by atoms with Gasteiger partial charge in [-0.2, -0.15) is 5.10 Å². The van der Waals surface area contributed by atoms with Crippen molar-refractivity contribution in [2.45, 2.75) is 18.9 Å². The van der Waals surface area contributed by atoms with E-state index in [1.807, 2.05) is 24.3 Å². The maximum absolute atomic E-state index is 5.99. The van der Waals surface area contributed by atoms with Crippen LogP contribution in [0.3, 0.4) is 0 Å². The Morgan fingerprint density at radius 3 is 3.11 bits per heavy atom. The Bertz CT molecular complexity index is 507. The number of H-pyrrole nitrogens is 1. The Morgan fingerprint density at radius 2 is 2.33 bits per heavy atom. The van der Waals surface area contributed by atoms with Crippen LogP contribution in [0.15, 0.2) is 30.5 Å². The summed E-state index contributed by atoms with van der Waals surface area (Å²) >= 11 is 0. The molecule has 0 radical (unpaired) electrons. The van der Waals surface area contributed by atoms with Crippen LogP contribution in [-0.4, -0.2) is 34.3 Å². The molecular weight excluding hydrogens is 226 g/mol. The summed E-state index contributed by atoms with van der Waals surface area (Å²) in [6.45, 7) is 1.91. The van der Waals surface area contributed by atoms with Gasteiger partial charge >= 0.3 is 0 Å². The predicted octanol–water partition coefficient (Wildman–Crippen LogP) is 1.40. The van der Waals surface area contributed by atoms with E-state index in [4.69, 9.17) is 5.73 Å². The van der Waals surface area contributed by atoms with Crippen molar-refractivity contribution in [3.63, 3.8) is 0 Å². The Hall–Kier alpha value is -1.88. The van der Waals surface area contributed by atoms with E-state index in [0.29, 0.717) is 0 Å². The summed E-state index contributed by atoms with van der Waals surface area (Å²) in [6, 6.07) is 8.15. The Labute approximate surface area is 106 Å². The zero-order chi connectivity index (χ0) is 12.4. The molecular formula is C13H17N5. The normalized spacial score (nSPS) is 20.1. The maximum atomic E-state index is 5.99. The van der Waals surface area contributed by atoms with Crippen molar-refractivity contribution in [1.82, 2.24) is 15.2 Å². The number of nitrogens with one attached hydrogen (secondary N) is 1. The van der Waals surface area contributed by atoms with Gasteiger partial charge in [0.2, 0.25) is 0 Å². The van der Waals surface area contributed by atoms with Crippen molar-refractivity contribution in [2.75, 3.05) is 18.0 Å². The van der Waals surface area contributed by atoms with Gasteiger partial charge in [0, 0.05) is 31.4 Å². The van der Waals surface area contributed by atoms with Gasteiger partial charge in [-0.05, 0) is 25.0 Å². The highest BCUT2D eigenvalue weighted by atomic mass is 15.3. The summed E-state index contributed by atoms with van der Waals surface area (Å²) in [5.41, 5.74) is 7.85. The monoisotopic (exact) mass is 243 g/mol. The van der Waals surface area contributed by atoms with Gasteiger partial charge in [0.25, 0.3) is 0 Å². The molecule has 0 aliphatic carbocycles. The standard InChI is InChI=1S/C13H17N5/c14-10-4-3-7-18(9-10)13-8-12(16-17-13)11-5-1-2-6-15-11/h1-2,5-6,8,10H,3-4,7,9,14H2,(H,16,17). The molecule has 0 amide bonds. The number of nitrogens with two attached hydrogens (primary N) is 1. The van der Waals surface area contributed by atoms with Gasteiger partial charge in [-0.25, -0.2) is 0 Å². The lowest BCUT2D eigenvalue weighted by Crippen LogP contribution is -2.43. The molecule has 0 spiro atoms. The molecule has 1 aliphatic rings.